The number of hydrogen-bond acceptors (Lipinski definition) is 6. The zero-order chi connectivity index (χ0) is 16.2. The number of aryl methyl sites for hydroxylation is 1. The van der Waals surface area contributed by atoms with Crippen LogP contribution in [0.2, 0.25) is 0 Å². The Kier molecular flexibility index (Phi) is 4.15. The van der Waals surface area contributed by atoms with E-state index < -0.39 is 5.97 Å². The van der Waals surface area contributed by atoms with Gasteiger partial charge in [0.05, 0.1) is 26.1 Å². The molecule has 0 fully saturated rings. The van der Waals surface area contributed by atoms with Gasteiger partial charge in [0.2, 0.25) is 0 Å². The van der Waals surface area contributed by atoms with E-state index in [2.05, 4.69) is 11.2 Å². The predicted molar refractivity (Wildman–Crippen MR) is 80.2 cm³/mol. The Morgan fingerprint density at radius 1 is 1.39 bits per heavy atom. The van der Waals surface area contributed by atoms with Crippen LogP contribution in [0.25, 0.3) is 11.3 Å². The summed E-state index contributed by atoms with van der Waals surface area (Å²) in [5.41, 5.74) is 1.57. The van der Waals surface area contributed by atoms with Gasteiger partial charge in [-0.05, 0) is 18.2 Å². The summed E-state index contributed by atoms with van der Waals surface area (Å²) in [5, 5.41) is 13.1. The lowest BCUT2D eigenvalue weighted by Gasteiger charge is -2.18. The summed E-state index contributed by atoms with van der Waals surface area (Å²) in [6.07, 6.45) is 1.90. The van der Waals surface area contributed by atoms with E-state index in [1.54, 1.807) is 23.0 Å². The molecule has 3 rings (SSSR count). The summed E-state index contributed by atoms with van der Waals surface area (Å²) in [6.45, 7) is 1.41. The summed E-state index contributed by atoms with van der Waals surface area (Å²) < 4.78 is 17.4. The van der Waals surface area contributed by atoms with Crippen molar-refractivity contribution in [2.24, 2.45) is 0 Å². The van der Waals surface area contributed by atoms with E-state index in [1.165, 1.54) is 7.11 Å². The molecule has 0 bridgehead atoms. The van der Waals surface area contributed by atoms with Gasteiger partial charge in [0, 0.05) is 11.8 Å². The summed E-state index contributed by atoms with van der Waals surface area (Å²) in [4.78, 5) is 12.0. The fraction of sp³-hybridized carbons (Fsp3) is 0.312. The summed E-state index contributed by atoms with van der Waals surface area (Å²) in [5.74, 6) is 0.817. The van der Waals surface area contributed by atoms with Gasteiger partial charge in [-0.3, -0.25) is 4.68 Å². The smallest absolute Gasteiger partial charge is 0.341 e. The number of fused-ring (bicyclic) bond motifs is 1. The lowest BCUT2D eigenvalue weighted by Crippen LogP contribution is -2.15. The predicted octanol–water partition coefficient (Wildman–Crippen LogP) is 2.02. The highest BCUT2D eigenvalue weighted by Gasteiger charge is 2.20. The molecule has 0 saturated heterocycles. The molecule has 0 atom stereocenters. The molecule has 1 aromatic carbocycles. The number of hydrogen-bond donors (Lipinski definition) is 0. The van der Waals surface area contributed by atoms with E-state index in [0.717, 1.165) is 5.56 Å². The second-order valence-corrected chi connectivity index (χ2v) is 4.91. The van der Waals surface area contributed by atoms with Crippen LogP contribution in [0.4, 0.5) is 0 Å². The summed E-state index contributed by atoms with van der Waals surface area (Å²) in [6, 6.07) is 7.45. The van der Waals surface area contributed by atoms with Crippen LogP contribution in [0.1, 0.15) is 16.8 Å². The number of ether oxygens (including phenoxy) is 3. The maximum Gasteiger partial charge on any atom is 0.341 e. The van der Waals surface area contributed by atoms with Crippen LogP contribution in [0.3, 0.4) is 0 Å². The zero-order valence-electron chi connectivity index (χ0n) is 12.6. The Labute approximate surface area is 133 Å². The molecule has 118 valence electrons. The fourth-order valence-corrected chi connectivity index (χ4v) is 2.36. The highest BCUT2D eigenvalue weighted by Crippen LogP contribution is 2.35. The molecule has 1 aliphatic heterocycles. The minimum absolute atomic E-state index is 0.308. The Bertz CT molecular complexity index is 776. The van der Waals surface area contributed by atoms with Crippen LogP contribution in [-0.4, -0.2) is 36.1 Å². The molecule has 2 heterocycles. The normalized spacial score (nSPS) is 12.5. The largest absolute Gasteiger partial charge is 0.486 e. The van der Waals surface area contributed by atoms with E-state index in [-0.39, 0.29) is 0 Å². The van der Waals surface area contributed by atoms with Crippen molar-refractivity contribution in [1.82, 2.24) is 9.78 Å². The van der Waals surface area contributed by atoms with Gasteiger partial charge in [-0.15, -0.1) is 0 Å². The number of benzene rings is 1. The maximum absolute atomic E-state index is 12.0. The van der Waals surface area contributed by atoms with Gasteiger partial charge < -0.3 is 14.2 Å². The van der Waals surface area contributed by atoms with Crippen LogP contribution in [0, 0.1) is 11.3 Å². The van der Waals surface area contributed by atoms with Gasteiger partial charge in [0.25, 0.3) is 0 Å². The Balaban J connectivity index is 2.02. The van der Waals surface area contributed by atoms with Crippen molar-refractivity contribution in [2.45, 2.75) is 13.0 Å². The molecule has 7 nitrogen and oxygen atoms in total. The SMILES string of the molecule is COC(=O)c1cn(CCC#N)nc1-c1ccc2c(c1)OCCO2. The third kappa shape index (κ3) is 2.97. The van der Waals surface area contributed by atoms with E-state index >= 15 is 0 Å². The maximum atomic E-state index is 12.0. The molecule has 1 aromatic heterocycles. The van der Waals surface area contributed by atoms with Gasteiger partial charge in [-0.2, -0.15) is 10.4 Å². The Hall–Kier alpha value is -3.01. The minimum atomic E-state index is -0.474. The number of esters is 1. The molecule has 1 aliphatic rings. The standard InChI is InChI=1S/C16H15N3O4/c1-21-16(20)12-10-19(6-2-5-17)18-15(12)11-3-4-13-14(9-11)23-8-7-22-13/h3-4,9-10H,2,6-8H2,1H3. The summed E-state index contributed by atoms with van der Waals surface area (Å²) in [7, 11) is 1.32. The number of nitrogens with zero attached hydrogens (tertiary/aromatic N) is 3. The minimum Gasteiger partial charge on any atom is -0.486 e. The second-order valence-electron chi connectivity index (χ2n) is 4.91. The molecule has 7 heteroatoms. The van der Waals surface area contributed by atoms with Crippen molar-refractivity contribution in [3.8, 4) is 28.8 Å². The average molecular weight is 313 g/mol. The first-order valence-electron chi connectivity index (χ1n) is 7.15. The third-order valence-electron chi connectivity index (χ3n) is 3.44. The molecule has 23 heavy (non-hydrogen) atoms. The Morgan fingerprint density at radius 2 is 2.17 bits per heavy atom. The monoisotopic (exact) mass is 313 g/mol. The molecular formula is C16H15N3O4. The summed E-state index contributed by atoms with van der Waals surface area (Å²) >= 11 is 0. The van der Waals surface area contributed by atoms with Gasteiger partial charge >= 0.3 is 5.97 Å². The van der Waals surface area contributed by atoms with Crippen LogP contribution in [-0.2, 0) is 11.3 Å². The van der Waals surface area contributed by atoms with E-state index in [0.29, 0.717) is 48.9 Å². The van der Waals surface area contributed by atoms with Crippen molar-refractivity contribution in [3.05, 3.63) is 30.0 Å². The Morgan fingerprint density at radius 3 is 2.91 bits per heavy atom. The van der Waals surface area contributed by atoms with E-state index in [4.69, 9.17) is 19.5 Å². The highest BCUT2D eigenvalue weighted by atomic mass is 16.6. The lowest BCUT2D eigenvalue weighted by molar-refractivity contribution is 0.0601. The van der Waals surface area contributed by atoms with Crippen molar-refractivity contribution in [1.29, 1.82) is 5.26 Å². The third-order valence-corrected chi connectivity index (χ3v) is 3.44. The van der Waals surface area contributed by atoms with Gasteiger partial charge in [0.15, 0.2) is 11.5 Å². The van der Waals surface area contributed by atoms with Crippen LogP contribution < -0.4 is 9.47 Å². The molecule has 0 saturated carbocycles. The van der Waals surface area contributed by atoms with E-state index in [1.807, 2.05) is 6.07 Å². The number of aromatic nitrogens is 2. The molecule has 0 N–H and O–H groups in total. The molecule has 0 radical (unpaired) electrons. The molecule has 0 aliphatic carbocycles. The van der Waals surface area contributed by atoms with Gasteiger partial charge in [-0.1, -0.05) is 0 Å². The molecule has 2 aromatic rings. The first-order valence-corrected chi connectivity index (χ1v) is 7.15. The zero-order valence-corrected chi connectivity index (χ0v) is 12.6. The average Bonchev–Trinajstić information content (AvgIpc) is 3.03. The van der Waals surface area contributed by atoms with Crippen molar-refractivity contribution in [3.63, 3.8) is 0 Å². The highest BCUT2D eigenvalue weighted by molar-refractivity contribution is 5.96. The molecule has 0 unspecified atom stereocenters. The number of carbonyl (C=O) groups excluding carboxylic acids is 1. The fourth-order valence-electron chi connectivity index (χ4n) is 2.36. The molecular weight excluding hydrogens is 298 g/mol. The number of nitriles is 1. The van der Waals surface area contributed by atoms with Gasteiger partial charge in [-0.25, -0.2) is 4.79 Å². The number of rotatable bonds is 4. The quantitative estimate of drug-likeness (QED) is 0.803. The van der Waals surface area contributed by atoms with Crippen molar-refractivity contribution < 1.29 is 19.0 Å². The van der Waals surface area contributed by atoms with Crippen molar-refractivity contribution in [2.75, 3.05) is 20.3 Å². The topological polar surface area (TPSA) is 86.4 Å². The van der Waals surface area contributed by atoms with Crippen LogP contribution >= 0.6 is 0 Å². The van der Waals surface area contributed by atoms with Crippen molar-refractivity contribution >= 4 is 5.97 Å². The van der Waals surface area contributed by atoms with Crippen LogP contribution in [0.5, 0.6) is 11.5 Å². The van der Waals surface area contributed by atoms with E-state index in [9.17, 15) is 4.79 Å². The number of methoxy groups -OCH3 is 1. The number of carbonyl (C=O) groups is 1. The second kappa shape index (κ2) is 6.40. The van der Waals surface area contributed by atoms with Gasteiger partial charge in [0.1, 0.15) is 24.5 Å². The first-order chi connectivity index (χ1) is 11.2. The molecule has 0 amide bonds. The lowest BCUT2D eigenvalue weighted by atomic mass is 10.1. The molecule has 0 spiro atoms. The van der Waals surface area contributed by atoms with Crippen LogP contribution in [0.15, 0.2) is 24.4 Å². The first kappa shape index (κ1) is 14.9.